The lowest BCUT2D eigenvalue weighted by molar-refractivity contribution is -0.126. The minimum atomic E-state index is -0.278. The van der Waals surface area contributed by atoms with Crippen LogP contribution in [0.3, 0.4) is 0 Å². The van der Waals surface area contributed by atoms with Crippen molar-refractivity contribution in [3.8, 4) is 11.8 Å². The summed E-state index contributed by atoms with van der Waals surface area (Å²) in [7, 11) is 0. The number of nitriles is 1. The molecule has 4 heteroatoms. The van der Waals surface area contributed by atoms with E-state index in [0.29, 0.717) is 19.7 Å². The molecule has 1 fully saturated rings. The molecule has 1 saturated carbocycles. The lowest BCUT2D eigenvalue weighted by Crippen LogP contribution is -2.33. The summed E-state index contributed by atoms with van der Waals surface area (Å²) < 4.78 is 5.75. The molecule has 1 aliphatic carbocycles. The molecule has 4 rings (SSSR count). The Morgan fingerprint density at radius 3 is 2.67 bits per heavy atom. The summed E-state index contributed by atoms with van der Waals surface area (Å²) >= 11 is 0. The fourth-order valence-electron chi connectivity index (χ4n) is 3.75. The maximum atomic E-state index is 12.4. The number of nitrogens with zero attached hydrogens (tertiary/aromatic N) is 2. The number of amides is 1. The standard InChI is InChI=1S/C23H22N2O2/c1-2-22(26)25(14-18-15-27-21-6-4-3-5-20(18)21)13-17-7-9-19(10-8-17)23(16-24)11-12-23/h2-10,18H,1,11-15H2. The molecule has 0 radical (unpaired) electrons. The van der Waals surface area contributed by atoms with Crippen LogP contribution in [-0.2, 0) is 16.8 Å². The molecule has 0 saturated heterocycles. The summed E-state index contributed by atoms with van der Waals surface area (Å²) in [6, 6.07) is 18.5. The lowest BCUT2D eigenvalue weighted by Gasteiger charge is -2.24. The molecule has 1 aliphatic heterocycles. The van der Waals surface area contributed by atoms with Crippen molar-refractivity contribution in [2.75, 3.05) is 13.2 Å². The molecule has 0 spiro atoms. The number of para-hydroxylation sites is 1. The van der Waals surface area contributed by atoms with Crippen LogP contribution >= 0.6 is 0 Å². The summed E-state index contributed by atoms with van der Waals surface area (Å²) in [5.74, 6) is 0.987. The molecular weight excluding hydrogens is 336 g/mol. The third-order valence-corrected chi connectivity index (χ3v) is 5.57. The average Bonchev–Trinajstić information content (AvgIpc) is 3.42. The highest BCUT2D eigenvalue weighted by atomic mass is 16.5. The second-order valence-electron chi connectivity index (χ2n) is 7.36. The van der Waals surface area contributed by atoms with E-state index in [1.165, 1.54) is 6.08 Å². The van der Waals surface area contributed by atoms with Crippen molar-refractivity contribution in [3.63, 3.8) is 0 Å². The van der Waals surface area contributed by atoms with Crippen molar-refractivity contribution in [1.29, 1.82) is 5.26 Å². The van der Waals surface area contributed by atoms with Crippen molar-refractivity contribution in [2.45, 2.75) is 30.7 Å². The van der Waals surface area contributed by atoms with Gasteiger partial charge in [-0.2, -0.15) is 5.26 Å². The monoisotopic (exact) mass is 358 g/mol. The SMILES string of the molecule is C=CC(=O)N(Cc1ccc(C2(C#N)CC2)cc1)CC1COc2ccccc21. The highest BCUT2D eigenvalue weighted by Crippen LogP contribution is 2.47. The van der Waals surface area contributed by atoms with Gasteiger partial charge < -0.3 is 9.64 Å². The zero-order valence-electron chi connectivity index (χ0n) is 15.2. The molecule has 1 unspecified atom stereocenters. The molecule has 27 heavy (non-hydrogen) atoms. The minimum absolute atomic E-state index is 0.0841. The third-order valence-electron chi connectivity index (χ3n) is 5.57. The number of carbonyl (C=O) groups excluding carboxylic acids is 1. The first-order chi connectivity index (χ1) is 13.1. The molecule has 1 amide bonds. The largest absolute Gasteiger partial charge is 0.493 e. The number of hydrogen-bond acceptors (Lipinski definition) is 3. The molecule has 0 bridgehead atoms. The number of hydrogen-bond donors (Lipinski definition) is 0. The summed E-state index contributed by atoms with van der Waals surface area (Å²) in [6.45, 7) is 5.34. The maximum Gasteiger partial charge on any atom is 0.246 e. The first-order valence-electron chi connectivity index (χ1n) is 9.29. The Kier molecular flexibility index (Phi) is 4.45. The van der Waals surface area contributed by atoms with E-state index < -0.39 is 0 Å². The predicted molar refractivity (Wildman–Crippen MR) is 103 cm³/mol. The molecular formula is C23H22N2O2. The van der Waals surface area contributed by atoms with E-state index in [9.17, 15) is 10.1 Å². The zero-order chi connectivity index (χ0) is 18.9. The van der Waals surface area contributed by atoms with E-state index in [0.717, 1.165) is 35.3 Å². The van der Waals surface area contributed by atoms with E-state index in [-0.39, 0.29) is 17.2 Å². The van der Waals surface area contributed by atoms with Crippen molar-refractivity contribution in [3.05, 3.63) is 77.9 Å². The van der Waals surface area contributed by atoms with Crippen LogP contribution in [-0.4, -0.2) is 24.0 Å². The molecule has 136 valence electrons. The van der Waals surface area contributed by atoms with Crippen LogP contribution in [0.2, 0.25) is 0 Å². The molecule has 1 atom stereocenters. The number of fused-ring (bicyclic) bond motifs is 1. The van der Waals surface area contributed by atoms with E-state index in [1.54, 1.807) is 0 Å². The van der Waals surface area contributed by atoms with Gasteiger partial charge in [0.1, 0.15) is 5.75 Å². The van der Waals surface area contributed by atoms with Crippen molar-refractivity contribution < 1.29 is 9.53 Å². The summed E-state index contributed by atoms with van der Waals surface area (Å²) in [6.07, 6.45) is 3.24. The third kappa shape index (κ3) is 3.33. The van der Waals surface area contributed by atoms with Gasteiger partial charge in [0.05, 0.1) is 18.1 Å². The smallest absolute Gasteiger partial charge is 0.246 e. The van der Waals surface area contributed by atoms with Gasteiger partial charge >= 0.3 is 0 Å². The van der Waals surface area contributed by atoms with Crippen molar-refractivity contribution >= 4 is 5.91 Å². The Balaban J connectivity index is 1.49. The normalized spacial score (nSPS) is 18.7. The number of ether oxygens (including phenoxy) is 1. The van der Waals surface area contributed by atoms with Gasteiger partial charge in [-0.25, -0.2) is 0 Å². The van der Waals surface area contributed by atoms with Crippen LogP contribution in [0.5, 0.6) is 5.75 Å². The Bertz CT molecular complexity index is 907. The van der Waals surface area contributed by atoms with Crippen molar-refractivity contribution in [1.82, 2.24) is 4.90 Å². The van der Waals surface area contributed by atoms with Crippen LogP contribution in [0.4, 0.5) is 0 Å². The molecule has 0 aromatic heterocycles. The Labute approximate surface area is 159 Å². The van der Waals surface area contributed by atoms with Crippen LogP contribution < -0.4 is 4.74 Å². The highest BCUT2D eigenvalue weighted by molar-refractivity contribution is 5.87. The zero-order valence-corrected chi connectivity index (χ0v) is 15.2. The molecule has 4 nitrogen and oxygen atoms in total. The van der Waals surface area contributed by atoms with E-state index in [4.69, 9.17) is 4.74 Å². The topological polar surface area (TPSA) is 53.3 Å². The van der Waals surface area contributed by atoms with Crippen LogP contribution in [0, 0.1) is 11.3 Å². The van der Waals surface area contributed by atoms with E-state index in [2.05, 4.69) is 18.7 Å². The summed E-state index contributed by atoms with van der Waals surface area (Å²) in [5, 5.41) is 9.34. The average molecular weight is 358 g/mol. The molecule has 1 heterocycles. The highest BCUT2D eigenvalue weighted by Gasteiger charge is 2.44. The Morgan fingerprint density at radius 2 is 2.00 bits per heavy atom. The Hall–Kier alpha value is -3.06. The summed E-state index contributed by atoms with van der Waals surface area (Å²) in [5.41, 5.74) is 3.00. The number of rotatable bonds is 6. The summed E-state index contributed by atoms with van der Waals surface area (Å²) in [4.78, 5) is 14.2. The van der Waals surface area contributed by atoms with Gasteiger partial charge in [0.15, 0.2) is 0 Å². The molecule has 2 aromatic rings. The van der Waals surface area contributed by atoms with Gasteiger partial charge in [-0.3, -0.25) is 4.79 Å². The number of benzene rings is 2. The fourth-order valence-corrected chi connectivity index (χ4v) is 3.75. The van der Waals surface area contributed by atoms with E-state index >= 15 is 0 Å². The van der Waals surface area contributed by atoms with Gasteiger partial charge in [-0.15, -0.1) is 0 Å². The van der Waals surface area contributed by atoms with Crippen molar-refractivity contribution in [2.24, 2.45) is 0 Å². The minimum Gasteiger partial charge on any atom is -0.493 e. The molecule has 0 N–H and O–H groups in total. The molecule has 2 aromatic carbocycles. The first kappa shape index (κ1) is 17.4. The Morgan fingerprint density at radius 1 is 1.26 bits per heavy atom. The van der Waals surface area contributed by atoms with E-state index in [1.807, 2.05) is 47.4 Å². The van der Waals surface area contributed by atoms with Gasteiger partial charge in [0.2, 0.25) is 5.91 Å². The predicted octanol–water partition coefficient (Wildman–Crippen LogP) is 3.93. The fraction of sp³-hybridized carbons (Fsp3) is 0.304. The first-order valence-corrected chi connectivity index (χ1v) is 9.29. The molecule has 2 aliphatic rings. The quantitative estimate of drug-likeness (QED) is 0.735. The van der Waals surface area contributed by atoms with Crippen LogP contribution in [0.15, 0.2) is 61.2 Å². The van der Waals surface area contributed by atoms with Gasteiger partial charge in [0, 0.05) is 24.6 Å². The van der Waals surface area contributed by atoms with Crippen LogP contribution in [0.1, 0.15) is 35.4 Å². The van der Waals surface area contributed by atoms with Gasteiger partial charge in [-0.05, 0) is 36.1 Å². The van der Waals surface area contributed by atoms with Gasteiger partial charge in [-0.1, -0.05) is 49.0 Å². The second kappa shape index (κ2) is 6.92. The number of carbonyl (C=O) groups is 1. The van der Waals surface area contributed by atoms with Gasteiger partial charge in [0.25, 0.3) is 0 Å². The van der Waals surface area contributed by atoms with Crippen LogP contribution in [0.25, 0.3) is 0 Å². The lowest BCUT2D eigenvalue weighted by atomic mass is 9.96. The maximum absolute atomic E-state index is 12.4. The second-order valence-corrected chi connectivity index (χ2v) is 7.36.